The van der Waals surface area contributed by atoms with E-state index < -0.39 is 29.8 Å². The van der Waals surface area contributed by atoms with Gasteiger partial charge in [0.2, 0.25) is 11.8 Å². The van der Waals surface area contributed by atoms with Crippen LogP contribution < -0.4 is 17.0 Å². The van der Waals surface area contributed by atoms with Crippen LogP contribution in [-0.2, 0) is 27.4 Å². The Labute approximate surface area is 209 Å². The predicted octanol–water partition coefficient (Wildman–Crippen LogP) is 2.61. The van der Waals surface area contributed by atoms with E-state index in [0.717, 1.165) is 23.0 Å². The van der Waals surface area contributed by atoms with Crippen LogP contribution in [-0.4, -0.2) is 39.3 Å². The second-order valence-electron chi connectivity index (χ2n) is 8.67. The molecule has 5 rings (SSSR count). The number of hydrogen-bond acceptors (Lipinski definition) is 8. The van der Waals surface area contributed by atoms with Crippen molar-refractivity contribution >= 4 is 27.5 Å². The number of nitrogens with two attached hydrogens (primary N) is 1. The summed E-state index contributed by atoms with van der Waals surface area (Å²) in [7, 11) is 0. The maximum absolute atomic E-state index is 13.6. The quantitative estimate of drug-likeness (QED) is 0.385. The van der Waals surface area contributed by atoms with Gasteiger partial charge in [-0.3, -0.25) is 18.7 Å². The molecular weight excluding hydrogens is 484 g/mol. The number of amides is 1. The van der Waals surface area contributed by atoms with Gasteiger partial charge in [0, 0.05) is 13.2 Å². The molecule has 1 atom stereocenters. The van der Waals surface area contributed by atoms with E-state index in [0.29, 0.717) is 39.8 Å². The molecule has 1 amide bonds. The summed E-state index contributed by atoms with van der Waals surface area (Å²) in [5.41, 5.74) is 5.72. The van der Waals surface area contributed by atoms with Crippen LogP contribution in [0.15, 0.2) is 56.8 Å². The third kappa shape index (κ3) is 4.64. The van der Waals surface area contributed by atoms with Gasteiger partial charge in [0.05, 0.1) is 29.1 Å². The molecule has 1 saturated heterocycles. The Balaban J connectivity index is 1.68. The van der Waals surface area contributed by atoms with Gasteiger partial charge in [0.1, 0.15) is 23.7 Å². The molecular formula is C25H26N4O6S. The molecule has 10 nitrogen and oxygen atoms in total. The molecule has 0 radical (unpaired) electrons. The number of ether oxygens (including phenoxy) is 2. The number of rotatable bonds is 8. The molecule has 0 aliphatic carbocycles. The Morgan fingerprint density at radius 2 is 1.97 bits per heavy atom. The van der Waals surface area contributed by atoms with E-state index >= 15 is 0 Å². The molecule has 0 saturated carbocycles. The smallest absolute Gasteiger partial charge is 0.332 e. The minimum atomic E-state index is -0.779. The van der Waals surface area contributed by atoms with Crippen LogP contribution >= 0.6 is 11.3 Å². The Morgan fingerprint density at radius 1 is 1.22 bits per heavy atom. The van der Waals surface area contributed by atoms with Crippen LogP contribution in [0.1, 0.15) is 30.1 Å². The zero-order valence-corrected chi connectivity index (χ0v) is 20.5. The van der Waals surface area contributed by atoms with Crippen molar-refractivity contribution in [3.05, 3.63) is 74.8 Å². The highest BCUT2D eigenvalue weighted by atomic mass is 32.1. The summed E-state index contributed by atoms with van der Waals surface area (Å²) in [6, 6.07) is 9.64. The monoisotopic (exact) mass is 510 g/mol. The number of thiophene rings is 1. The van der Waals surface area contributed by atoms with Gasteiger partial charge in [-0.15, -0.1) is 11.3 Å². The summed E-state index contributed by atoms with van der Waals surface area (Å²) < 4.78 is 19.8. The third-order valence-electron chi connectivity index (χ3n) is 6.28. The number of benzene rings is 1. The van der Waals surface area contributed by atoms with Crippen molar-refractivity contribution < 1.29 is 18.7 Å². The van der Waals surface area contributed by atoms with Gasteiger partial charge >= 0.3 is 5.69 Å². The molecule has 1 aromatic carbocycles. The number of primary amides is 1. The summed E-state index contributed by atoms with van der Waals surface area (Å²) >= 11 is 1.25. The average Bonchev–Trinajstić information content (AvgIpc) is 3.53. The number of aromatic nitrogens is 3. The second-order valence-corrected chi connectivity index (χ2v) is 9.67. The molecule has 0 unspecified atom stereocenters. The molecule has 36 heavy (non-hydrogen) atoms. The van der Waals surface area contributed by atoms with Crippen molar-refractivity contribution in [3.8, 4) is 10.8 Å². The largest absolute Gasteiger partial charge is 0.444 e. The van der Waals surface area contributed by atoms with Gasteiger partial charge in [0.25, 0.3) is 5.56 Å². The van der Waals surface area contributed by atoms with Crippen LogP contribution in [0.5, 0.6) is 0 Å². The fourth-order valence-electron chi connectivity index (χ4n) is 4.50. The highest BCUT2D eigenvalue weighted by Gasteiger charge is 2.27. The molecule has 1 aliphatic rings. The first-order valence-electron chi connectivity index (χ1n) is 11.7. The van der Waals surface area contributed by atoms with Crippen LogP contribution in [0.3, 0.4) is 0 Å². The molecule has 4 aromatic rings. The lowest BCUT2D eigenvalue weighted by molar-refractivity contribution is -0.118. The summed E-state index contributed by atoms with van der Waals surface area (Å²) in [6.45, 7) is 2.62. The molecule has 2 N–H and O–H groups in total. The first-order chi connectivity index (χ1) is 17.4. The van der Waals surface area contributed by atoms with Crippen LogP contribution in [0.4, 0.5) is 0 Å². The number of oxazole rings is 1. The van der Waals surface area contributed by atoms with E-state index in [9.17, 15) is 14.4 Å². The number of aryl methyl sites for hydroxylation is 1. The van der Waals surface area contributed by atoms with Crippen molar-refractivity contribution in [1.82, 2.24) is 14.1 Å². The van der Waals surface area contributed by atoms with Crippen molar-refractivity contribution in [2.45, 2.75) is 45.1 Å². The van der Waals surface area contributed by atoms with Crippen molar-refractivity contribution in [2.75, 3.05) is 13.2 Å². The van der Waals surface area contributed by atoms with E-state index in [1.165, 1.54) is 28.4 Å². The normalized spacial score (nSPS) is 15.4. The van der Waals surface area contributed by atoms with Crippen LogP contribution in [0, 0.1) is 6.92 Å². The SMILES string of the molecule is Cc1c(-c2ncco2)sc2c1c(=O)n(CC(N)=O)c(=O)n2C[C@H](OC1CCOCC1)c1ccccc1. The zero-order valence-electron chi connectivity index (χ0n) is 19.7. The maximum Gasteiger partial charge on any atom is 0.332 e. The molecule has 1 fully saturated rings. The highest BCUT2D eigenvalue weighted by molar-refractivity contribution is 7.22. The van der Waals surface area contributed by atoms with E-state index in [1.807, 2.05) is 30.3 Å². The van der Waals surface area contributed by atoms with E-state index in [1.54, 1.807) is 6.92 Å². The molecule has 4 heterocycles. The number of carbonyl (C=O) groups is 1. The van der Waals surface area contributed by atoms with E-state index in [-0.39, 0.29) is 12.6 Å². The minimum absolute atomic E-state index is 0.0281. The van der Waals surface area contributed by atoms with E-state index in [4.69, 9.17) is 19.6 Å². The minimum Gasteiger partial charge on any atom is -0.444 e. The first-order valence-corrected chi connectivity index (χ1v) is 12.5. The van der Waals surface area contributed by atoms with Gasteiger partial charge < -0.3 is 19.6 Å². The van der Waals surface area contributed by atoms with Crippen molar-refractivity contribution in [2.24, 2.45) is 5.73 Å². The summed E-state index contributed by atoms with van der Waals surface area (Å²) in [4.78, 5) is 44.1. The molecule has 3 aromatic heterocycles. The predicted molar refractivity (Wildman–Crippen MR) is 134 cm³/mol. The lowest BCUT2D eigenvalue weighted by atomic mass is 10.1. The molecule has 11 heteroatoms. The van der Waals surface area contributed by atoms with Gasteiger partial charge in [-0.05, 0) is 30.9 Å². The summed E-state index contributed by atoms with van der Waals surface area (Å²) in [6.07, 6.45) is 3.97. The van der Waals surface area contributed by atoms with Gasteiger partial charge in [-0.25, -0.2) is 9.78 Å². The van der Waals surface area contributed by atoms with Crippen LogP contribution in [0.2, 0.25) is 0 Å². The van der Waals surface area contributed by atoms with E-state index in [2.05, 4.69) is 4.98 Å². The van der Waals surface area contributed by atoms with Crippen molar-refractivity contribution in [1.29, 1.82) is 0 Å². The van der Waals surface area contributed by atoms with Gasteiger partial charge in [-0.2, -0.15) is 0 Å². The molecule has 1 aliphatic heterocycles. The van der Waals surface area contributed by atoms with Gasteiger partial charge in [-0.1, -0.05) is 30.3 Å². The standard InChI is InChI=1S/C25H26N4O6S/c1-15-20-23(31)28(14-19(26)30)25(32)29(24(20)36-21(15)22-27-9-12-34-22)13-18(16-5-3-2-4-6-16)35-17-7-10-33-11-8-17/h2-6,9,12,17-18H,7-8,10-11,13-14H2,1H3,(H2,26,30)/t18-/m0/s1. The zero-order chi connectivity index (χ0) is 25.2. The Morgan fingerprint density at radius 3 is 2.64 bits per heavy atom. The molecule has 0 bridgehead atoms. The van der Waals surface area contributed by atoms with Crippen molar-refractivity contribution in [3.63, 3.8) is 0 Å². The number of nitrogens with zero attached hydrogens (tertiary/aromatic N) is 3. The maximum atomic E-state index is 13.6. The van der Waals surface area contributed by atoms with Gasteiger partial charge in [0.15, 0.2) is 0 Å². The topological polar surface area (TPSA) is 132 Å². The third-order valence-corrected chi connectivity index (χ3v) is 7.58. The fraction of sp³-hybridized carbons (Fsp3) is 0.360. The highest BCUT2D eigenvalue weighted by Crippen LogP contribution is 2.36. The Bertz CT molecular complexity index is 1480. The second kappa shape index (κ2) is 10.2. The van der Waals surface area contributed by atoms with Crippen LogP contribution in [0.25, 0.3) is 21.0 Å². The first kappa shape index (κ1) is 24.2. The number of hydrogen-bond donors (Lipinski definition) is 1. The lowest BCUT2D eigenvalue weighted by Gasteiger charge is -2.28. The summed E-state index contributed by atoms with van der Waals surface area (Å²) in [5, 5.41) is 0.326. The molecule has 0 spiro atoms. The summed E-state index contributed by atoms with van der Waals surface area (Å²) in [5.74, 6) is -0.425. The fourth-order valence-corrected chi connectivity index (χ4v) is 5.74. The lowest BCUT2D eigenvalue weighted by Crippen LogP contribution is -2.43. The molecule has 188 valence electrons. The number of fused-ring (bicyclic) bond motifs is 1. The average molecular weight is 511 g/mol. The Kier molecular flexibility index (Phi) is 6.86. The Hall–Kier alpha value is -3.54. The number of carbonyl (C=O) groups excluding carboxylic acids is 1.